The molecule has 0 saturated carbocycles. The van der Waals surface area contributed by atoms with Crippen LogP contribution in [0.4, 0.5) is 5.69 Å². The largest absolute Gasteiger partial charge is 0.497 e. The molecule has 9 rings (SSSR count). The van der Waals surface area contributed by atoms with E-state index in [0.29, 0.717) is 35.5 Å². The fourth-order valence-electron chi connectivity index (χ4n) is 9.96. The predicted octanol–water partition coefficient (Wildman–Crippen LogP) is 6.90. The van der Waals surface area contributed by atoms with Crippen LogP contribution in [0, 0.1) is 5.92 Å². The molecular weight excluding hydrogens is 785 g/mol. The van der Waals surface area contributed by atoms with Crippen LogP contribution in [0.1, 0.15) is 41.6 Å². The van der Waals surface area contributed by atoms with Gasteiger partial charge in [-0.05, 0) is 77.7 Å². The van der Waals surface area contributed by atoms with Crippen molar-refractivity contribution in [1.29, 1.82) is 0 Å². The van der Waals surface area contributed by atoms with Crippen LogP contribution >= 0.6 is 0 Å². The van der Waals surface area contributed by atoms with Crippen molar-refractivity contribution < 1.29 is 24.1 Å². The number of aliphatic hydroxyl groups is 1. The summed E-state index contributed by atoms with van der Waals surface area (Å²) in [6, 6.07) is 39.2. The molecule has 0 radical (unpaired) electrons. The minimum atomic E-state index is -2.43. The lowest BCUT2D eigenvalue weighted by atomic mass is 9.82. The van der Waals surface area contributed by atoms with Gasteiger partial charge in [0.1, 0.15) is 11.5 Å². The van der Waals surface area contributed by atoms with E-state index in [-0.39, 0.29) is 48.1 Å². The van der Waals surface area contributed by atoms with E-state index in [0.717, 1.165) is 33.6 Å². The second kappa shape index (κ2) is 16.0. The van der Waals surface area contributed by atoms with Crippen LogP contribution in [0.5, 0.6) is 11.5 Å². The van der Waals surface area contributed by atoms with E-state index in [1.165, 1.54) is 5.19 Å². The van der Waals surface area contributed by atoms with Crippen LogP contribution in [0.2, 0.25) is 18.6 Å². The Kier molecular flexibility index (Phi) is 10.5. The van der Waals surface area contributed by atoms with E-state index < -0.39 is 13.7 Å². The highest BCUT2D eigenvalue weighted by atomic mass is 28.3. The highest BCUT2D eigenvalue weighted by Gasteiger charge is 2.66. The first-order chi connectivity index (χ1) is 29.6. The van der Waals surface area contributed by atoms with Crippen molar-refractivity contribution in [2.45, 2.75) is 62.7 Å². The van der Waals surface area contributed by atoms with E-state index in [9.17, 15) is 9.90 Å². The monoisotopic (exact) mass is 834 g/mol. The number of nitrogens with zero attached hydrogens (tertiary/aromatic N) is 5. The number of para-hydroxylation sites is 1. The van der Waals surface area contributed by atoms with Gasteiger partial charge in [0.25, 0.3) is 11.5 Å². The van der Waals surface area contributed by atoms with Gasteiger partial charge in [-0.1, -0.05) is 97.1 Å². The molecule has 1 amide bonds. The lowest BCUT2D eigenvalue weighted by molar-refractivity contribution is -0.146. The first kappa shape index (κ1) is 40.1. The Hall–Kier alpha value is -6.28. The fourth-order valence-corrected chi connectivity index (χ4v) is 14.0. The molecule has 312 valence electrons. The summed E-state index contributed by atoms with van der Waals surface area (Å²) in [4.78, 5) is 30.8. The van der Waals surface area contributed by atoms with Crippen molar-refractivity contribution in [2.24, 2.45) is 5.92 Å². The molecule has 2 aliphatic heterocycles. The number of aliphatic hydroxyl groups excluding tert-OH is 1. The zero-order chi connectivity index (χ0) is 42.5. The Morgan fingerprint density at radius 2 is 1.62 bits per heavy atom. The van der Waals surface area contributed by atoms with Crippen molar-refractivity contribution in [3.05, 3.63) is 160 Å². The van der Waals surface area contributed by atoms with Gasteiger partial charge in [-0.25, -0.2) is 4.68 Å². The number of amides is 1. The molecule has 4 heterocycles. The SMILES string of the molecule is COc1ccc([Si](C)(C)[C@H]2[C@H](CCn3cc(C(CO)c4ccccc4)nn3)O[C@@]3(C(=O)N(Cc4cccc(-n5[nH]c6ccccc6c5=O)c4)c4ccc(OC)cc43)[C@@H]2C)cc1. The molecule has 7 aromatic rings. The van der Waals surface area contributed by atoms with Crippen LogP contribution in [0.25, 0.3) is 16.6 Å². The molecule has 12 nitrogen and oxygen atoms in total. The number of aryl methyl sites for hydroxylation is 1. The molecule has 1 unspecified atom stereocenters. The molecule has 0 aliphatic carbocycles. The quantitative estimate of drug-likeness (QED) is 0.120. The van der Waals surface area contributed by atoms with Crippen molar-refractivity contribution in [3.8, 4) is 17.2 Å². The van der Waals surface area contributed by atoms with Gasteiger partial charge in [-0.15, -0.1) is 5.10 Å². The van der Waals surface area contributed by atoms with E-state index in [1.54, 1.807) is 18.9 Å². The maximum absolute atomic E-state index is 15.5. The Bertz CT molecular complexity index is 2770. The Labute approximate surface area is 355 Å². The van der Waals surface area contributed by atoms with Gasteiger partial charge in [-0.2, -0.15) is 0 Å². The number of anilines is 1. The van der Waals surface area contributed by atoms with Gasteiger partial charge in [0.05, 0.1) is 75.4 Å². The molecule has 2 aliphatic rings. The zero-order valence-electron chi connectivity index (χ0n) is 35.0. The fraction of sp³-hybridized carbons (Fsp3) is 0.292. The van der Waals surface area contributed by atoms with Crippen LogP contribution in [-0.2, 0) is 28.2 Å². The Morgan fingerprint density at radius 3 is 2.36 bits per heavy atom. The molecule has 13 heteroatoms. The van der Waals surface area contributed by atoms with Crippen molar-refractivity contribution in [2.75, 3.05) is 25.7 Å². The maximum Gasteiger partial charge on any atom is 0.279 e. The molecule has 1 spiro atoms. The molecule has 0 bridgehead atoms. The van der Waals surface area contributed by atoms with E-state index in [2.05, 4.69) is 47.6 Å². The molecule has 61 heavy (non-hydrogen) atoms. The molecule has 5 aromatic carbocycles. The second-order valence-corrected chi connectivity index (χ2v) is 21.4. The third kappa shape index (κ3) is 6.86. The van der Waals surface area contributed by atoms with Gasteiger partial charge >= 0.3 is 0 Å². The molecule has 5 atom stereocenters. The summed E-state index contributed by atoms with van der Waals surface area (Å²) in [6.07, 6.45) is 2.16. The van der Waals surface area contributed by atoms with Gasteiger partial charge in [0.15, 0.2) is 5.60 Å². The first-order valence-corrected chi connectivity index (χ1v) is 23.8. The van der Waals surface area contributed by atoms with Gasteiger partial charge in [0, 0.05) is 24.2 Å². The third-order valence-corrected chi connectivity index (χ3v) is 17.4. The average molecular weight is 835 g/mol. The standard InChI is InChI=1S/C48H50N6O6Si/c1-31-45(61(4,5)37-21-18-35(58-2)19-22-37)44(24-25-52-29-42(49-51-52)39(30-55)33-13-7-6-8-14-33)60-48(31)40-27-36(59-3)20-23-43(40)53(47(48)57)28-32-12-11-15-34(26-32)54-46(56)38-16-9-10-17-41(38)50-54/h6-23,26-27,29,31,39,44-45,50,55H,24-25,28,30H2,1-5H3/t31-,39?,44+,45-,48+/m1/s1. The van der Waals surface area contributed by atoms with E-state index in [4.69, 9.17) is 14.2 Å². The number of carbonyl (C=O) groups is 1. The lowest BCUT2D eigenvalue weighted by Crippen LogP contribution is -2.51. The average Bonchev–Trinajstić information content (AvgIpc) is 4.03. The number of aromatic amines is 1. The lowest BCUT2D eigenvalue weighted by Gasteiger charge is -2.37. The molecule has 1 saturated heterocycles. The third-order valence-electron chi connectivity index (χ3n) is 13.1. The Balaban J connectivity index is 1.08. The number of fused-ring (bicyclic) bond motifs is 3. The van der Waals surface area contributed by atoms with Crippen molar-refractivity contribution >= 4 is 35.8 Å². The van der Waals surface area contributed by atoms with Gasteiger partial charge < -0.3 is 24.2 Å². The minimum Gasteiger partial charge on any atom is -0.497 e. The topological polar surface area (TPSA) is 137 Å². The molecule has 2 N–H and O–H groups in total. The van der Waals surface area contributed by atoms with Crippen LogP contribution in [0.15, 0.2) is 132 Å². The number of aromatic nitrogens is 5. The summed E-state index contributed by atoms with van der Waals surface area (Å²) < 4.78 is 22.1. The summed E-state index contributed by atoms with van der Waals surface area (Å²) in [5, 5.41) is 24.4. The normalized spacial score (nSPS) is 20.4. The van der Waals surface area contributed by atoms with E-state index >= 15 is 4.79 Å². The highest BCUT2D eigenvalue weighted by Crippen LogP contribution is 2.60. The van der Waals surface area contributed by atoms with Gasteiger partial charge in [0.2, 0.25) is 0 Å². The number of benzene rings is 5. The highest BCUT2D eigenvalue weighted by molar-refractivity contribution is 6.91. The van der Waals surface area contributed by atoms with Crippen molar-refractivity contribution in [3.63, 3.8) is 0 Å². The number of carbonyl (C=O) groups excluding carboxylic acids is 1. The first-order valence-electron chi connectivity index (χ1n) is 20.7. The summed E-state index contributed by atoms with van der Waals surface area (Å²) in [5.74, 6) is 0.775. The number of ether oxygens (including phenoxy) is 3. The minimum absolute atomic E-state index is 0.00133. The summed E-state index contributed by atoms with van der Waals surface area (Å²) in [6.45, 7) is 7.58. The Morgan fingerprint density at radius 1 is 0.885 bits per heavy atom. The van der Waals surface area contributed by atoms with E-state index in [1.807, 2.05) is 125 Å². The predicted molar refractivity (Wildman–Crippen MR) is 238 cm³/mol. The van der Waals surface area contributed by atoms with Gasteiger partial charge in [-0.3, -0.25) is 19.4 Å². The molecule has 2 aromatic heterocycles. The molecule has 1 fully saturated rings. The summed E-state index contributed by atoms with van der Waals surface area (Å²) in [7, 11) is 0.873. The smallest absolute Gasteiger partial charge is 0.279 e. The van der Waals surface area contributed by atoms with Crippen LogP contribution in [0.3, 0.4) is 0 Å². The maximum atomic E-state index is 15.5. The summed E-state index contributed by atoms with van der Waals surface area (Å²) in [5.41, 5.74) is 4.07. The number of H-pyrrole nitrogens is 1. The number of hydrogen-bond donors (Lipinski definition) is 2. The number of nitrogens with one attached hydrogen (secondary N) is 1. The second-order valence-electron chi connectivity index (χ2n) is 16.7. The van der Waals surface area contributed by atoms with Crippen LogP contribution in [-0.4, -0.2) is 70.8 Å². The molecular formula is C48H50N6O6Si. The van der Waals surface area contributed by atoms with Crippen molar-refractivity contribution in [1.82, 2.24) is 24.8 Å². The van der Waals surface area contributed by atoms with Crippen LogP contribution < -0.4 is 25.1 Å². The zero-order valence-corrected chi connectivity index (χ0v) is 36.0. The number of rotatable bonds is 13. The number of methoxy groups -OCH3 is 2. The number of hydrogen-bond acceptors (Lipinski definition) is 8. The summed E-state index contributed by atoms with van der Waals surface area (Å²) >= 11 is 0.